The number of benzene rings is 2. The van der Waals surface area contributed by atoms with E-state index in [2.05, 4.69) is 25.0 Å². The van der Waals surface area contributed by atoms with Gasteiger partial charge in [-0.3, -0.25) is 4.98 Å². The van der Waals surface area contributed by atoms with Gasteiger partial charge in [-0.05, 0) is 55.0 Å². The van der Waals surface area contributed by atoms with Crippen LogP contribution in [0.3, 0.4) is 0 Å². The highest BCUT2D eigenvalue weighted by Gasteiger charge is 2.30. The van der Waals surface area contributed by atoms with Crippen molar-refractivity contribution in [2.24, 2.45) is 0 Å². The molecule has 0 aliphatic rings. The first-order chi connectivity index (χ1) is 15.8. The Hall–Kier alpha value is -4.14. The van der Waals surface area contributed by atoms with Crippen molar-refractivity contribution >= 4 is 11.5 Å². The Labute approximate surface area is 188 Å². The predicted molar refractivity (Wildman–Crippen MR) is 118 cm³/mol. The average molecular weight is 452 g/mol. The number of halogens is 3. The van der Waals surface area contributed by atoms with Crippen molar-refractivity contribution in [2.45, 2.75) is 13.3 Å². The molecule has 0 atom stereocenters. The molecule has 0 amide bonds. The molecule has 4 rings (SSSR count). The van der Waals surface area contributed by atoms with Crippen LogP contribution in [0.2, 0.25) is 0 Å². The van der Waals surface area contributed by atoms with Gasteiger partial charge in [0.1, 0.15) is 23.1 Å². The van der Waals surface area contributed by atoms with E-state index in [1.165, 1.54) is 12.1 Å². The molecule has 0 fully saturated rings. The molecule has 0 spiro atoms. The maximum absolute atomic E-state index is 12.4. The normalized spacial score (nSPS) is 11.2. The van der Waals surface area contributed by atoms with Gasteiger partial charge in [0, 0.05) is 35.3 Å². The van der Waals surface area contributed by atoms with E-state index in [4.69, 9.17) is 4.74 Å². The van der Waals surface area contributed by atoms with Crippen LogP contribution in [0.25, 0.3) is 22.4 Å². The molecule has 0 radical (unpaired) electrons. The molecule has 2 aromatic heterocycles. The molecule has 0 saturated heterocycles. The third-order valence-electron chi connectivity index (χ3n) is 4.66. The summed E-state index contributed by atoms with van der Waals surface area (Å²) in [4.78, 5) is 13.2. The van der Waals surface area contributed by atoms with Gasteiger partial charge in [0.05, 0.1) is 12.8 Å². The van der Waals surface area contributed by atoms with E-state index >= 15 is 0 Å². The van der Waals surface area contributed by atoms with Crippen LogP contribution in [0.15, 0.2) is 73.1 Å². The molecule has 2 aromatic carbocycles. The maximum Gasteiger partial charge on any atom is 0.573 e. The number of pyridine rings is 1. The minimum atomic E-state index is -4.73. The number of hydrogen-bond donors (Lipinski definition) is 1. The summed E-state index contributed by atoms with van der Waals surface area (Å²) in [5.41, 5.74) is 3.66. The highest BCUT2D eigenvalue weighted by Crippen LogP contribution is 2.29. The quantitative estimate of drug-likeness (QED) is 0.378. The summed E-state index contributed by atoms with van der Waals surface area (Å²) >= 11 is 0. The van der Waals surface area contributed by atoms with Crippen LogP contribution in [-0.2, 0) is 0 Å². The Bertz CT molecular complexity index is 1240. The Morgan fingerprint density at radius 2 is 1.45 bits per heavy atom. The zero-order chi connectivity index (χ0) is 23.4. The van der Waals surface area contributed by atoms with Gasteiger partial charge in [0.2, 0.25) is 0 Å². The Kier molecular flexibility index (Phi) is 6.12. The summed E-state index contributed by atoms with van der Waals surface area (Å²) in [6.07, 6.45) is -1.43. The van der Waals surface area contributed by atoms with Gasteiger partial charge >= 0.3 is 6.36 Å². The van der Waals surface area contributed by atoms with Crippen molar-refractivity contribution in [1.82, 2.24) is 15.0 Å². The number of hydrogen-bond acceptors (Lipinski definition) is 6. The Morgan fingerprint density at radius 1 is 0.788 bits per heavy atom. The number of rotatable bonds is 6. The van der Waals surface area contributed by atoms with Gasteiger partial charge in [-0.2, -0.15) is 0 Å². The summed E-state index contributed by atoms with van der Waals surface area (Å²) < 4.78 is 46.3. The first-order valence-corrected chi connectivity index (χ1v) is 9.87. The average Bonchev–Trinajstić information content (AvgIpc) is 2.79. The molecule has 0 aliphatic heterocycles. The molecule has 168 valence electrons. The lowest BCUT2D eigenvalue weighted by molar-refractivity contribution is -0.274. The first kappa shape index (κ1) is 22.1. The molecule has 2 heterocycles. The van der Waals surface area contributed by atoms with Crippen LogP contribution in [0.5, 0.6) is 11.5 Å². The SMILES string of the molecule is COc1ccc(Nc2cc(-c3cncc(-c4ccc(OC(F)(F)F)cc4)c3)nc(C)n2)cc1. The molecule has 6 nitrogen and oxygen atoms in total. The molecule has 9 heteroatoms. The number of aryl methyl sites for hydroxylation is 1. The fourth-order valence-corrected chi connectivity index (χ4v) is 3.19. The van der Waals surface area contributed by atoms with Crippen molar-refractivity contribution in [3.8, 4) is 33.9 Å². The lowest BCUT2D eigenvalue weighted by atomic mass is 10.0. The molecular formula is C24H19F3N4O2. The number of nitrogens with zero attached hydrogens (tertiary/aromatic N) is 3. The fraction of sp³-hybridized carbons (Fsp3) is 0.125. The van der Waals surface area contributed by atoms with Gasteiger partial charge < -0.3 is 14.8 Å². The van der Waals surface area contributed by atoms with Gasteiger partial charge in [-0.25, -0.2) is 9.97 Å². The number of nitrogens with one attached hydrogen (secondary N) is 1. The second kappa shape index (κ2) is 9.15. The summed E-state index contributed by atoms with van der Waals surface area (Å²) in [5.74, 6) is 1.65. The molecule has 0 aliphatic carbocycles. The first-order valence-electron chi connectivity index (χ1n) is 9.87. The lowest BCUT2D eigenvalue weighted by Gasteiger charge is -2.11. The van der Waals surface area contributed by atoms with Gasteiger partial charge in [-0.15, -0.1) is 13.2 Å². The number of methoxy groups -OCH3 is 1. The van der Waals surface area contributed by atoms with Crippen LogP contribution in [0.4, 0.5) is 24.7 Å². The van der Waals surface area contributed by atoms with Crippen LogP contribution < -0.4 is 14.8 Å². The highest BCUT2D eigenvalue weighted by atomic mass is 19.4. The Morgan fingerprint density at radius 3 is 2.12 bits per heavy atom. The number of aromatic nitrogens is 3. The van der Waals surface area contributed by atoms with Crippen molar-refractivity contribution in [2.75, 3.05) is 12.4 Å². The summed E-state index contributed by atoms with van der Waals surface area (Å²) in [5, 5.41) is 3.24. The molecule has 0 unspecified atom stereocenters. The lowest BCUT2D eigenvalue weighted by Crippen LogP contribution is -2.16. The fourth-order valence-electron chi connectivity index (χ4n) is 3.19. The third-order valence-corrected chi connectivity index (χ3v) is 4.66. The summed E-state index contributed by atoms with van der Waals surface area (Å²) in [6, 6.07) is 16.7. The van der Waals surface area contributed by atoms with Crippen LogP contribution in [0.1, 0.15) is 5.82 Å². The van der Waals surface area contributed by atoms with Crippen LogP contribution >= 0.6 is 0 Å². The molecule has 4 aromatic rings. The minimum absolute atomic E-state index is 0.281. The summed E-state index contributed by atoms with van der Waals surface area (Å²) in [6.45, 7) is 1.79. The van der Waals surface area contributed by atoms with E-state index in [1.807, 2.05) is 30.3 Å². The topological polar surface area (TPSA) is 69.2 Å². The van der Waals surface area contributed by atoms with E-state index in [-0.39, 0.29) is 5.75 Å². The third kappa shape index (κ3) is 5.76. The largest absolute Gasteiger partial charge is 0.573 e. The smallest absolute Gasteiger partial charge is 0.497 e. The molecule has 0 saturated carbocycles. The molecule has 0 bridgehead atoms. The standard InChI is InChI=1S/C24H19F3N4O2/c1-15-29-22(12-23(30-15)31-19-5-9-20(32-2)10-6-19)18-11-17(13-28-14-18)16-3-7-21(8-4-16)33-24(25,26)27/h3-14H,1-2H3,(H,29,30,31). The zero-order valence-electron chi connectivity index (χ0n) is 17.7. The van der Waals surface area contributed by atoms with Gasteiger partial charge in [-0.1, -0.05) is 12.1 Å². The van der Waals surface area contributed by atoms with Crippen LogP contribution in [0, 0.1) is 6.92 Å². The van der Waals surface area contributed by atoms with Crippen molar-refractivity contribution < 1.29 is 22.6 Å². The number of alkyl halides is 3. The van der Waals surface area contributed by atoms with E-state index in [1.54, 1.807) is 44.6 Å². The van der Waals surface area contributed by atoms with E-state index < -0.39 is 6.36 Å². The minimum Gasteiger partial charge on any atom is -0.497 e. The van der Waals surface area contributed by atoms with E-state index in [9.17, 15) is 13.2 Å². The van der Waals surface area contributed by atoms with E-state index in [0.717, 1.165) is 22.6 Å². The van der Waals surface area contributed by atoms with Crippen molar-refractivity contribution in [1.29, 1.82) is 0 Å². The van der Waals surface area contributed by atoms with Gasteiger partial charge in [0.25, 0.3) is 0 Å². The maximum atomic E-state index is 12.4. The number of anilines is 2. The highest BCUT2D eigenvalue weighted by molar-refractivity contribution is 5.72. The molecule has 1 N–H and O–H groups in total. The second-order valence-electron chi connectivity index (χ2n) is 7.07. The molecular weight excluding hydrogens is 433 g/mol. The summed E-state index contributed by atoms with van der Waals surface area (Å²) in [7, 11) is 1.61. The second-order valence-corrected chi connectivity index (χ2v) is 7.07. The zero-order valence-corrected chi connectivity index (χ0v) is 17.7. The predicted octanol–water partition coefficient (Wildman–Crippen LogP) is 6.16. The molecule has 33 heavy (non-hydrogen) atoms. The number of ether oxygens (including phenoxy) is 2. The Balaban J connectivity index is 1.59. The van der Waals surface area contributed by atoms with Gasteiger partial charge in [0.15, 0.2) is 0 Å². The van der Waals surface area contributed by atoms with Crippen LogP contribution in [-0.4, -0.2) is 28.4 Å². The van der Waals surface area contributed by atoms with Crippen molar-refractivity contribution in [3.63, 3.8) is 0 Å². The van der Waals surface area contributed by atoms with E-state index in [0.29, 0.717) is 22.9 Å². The van der Waals surface area contributed by atoms with Crippen molar-refractivity contribution in [3.05, 3.63) is 78.9 Å². The monoisotopic (exact) mass is 452 g/mol.